The SMILES string of the molecule is NC1(c2noc(-c3cc(F)cc([N+](=O)[O-])c3)n2)CCCC1. The van der Waals surface area contributed by atoms with Gasteiger partial charge in [-0.3, -0.25) is 10.1 Å². The molecule has 1 fully saturated rings. The summed E-state index contributed by atoms with van der Waals surface area (Å²) in [6, 6.07) is 3.14. The molecule has 1 heterocycles. The smallest absolute Gasteiger partial charge is 0.273 e. The molecule has 0 saturated heterocycles. The number of non-ortho nitro benzene ring substituents is 1. The molecule has 0 aliphatic heterocycles. The lowest BCUT2D eigenvalue weighted by atomic mass is 9.99. The average molecular weight is 292 g/mol. The Balaban J connectivity index is 1.98. The van der Waals surface area contributed by atoms with Crippen molar-refractivity contribution in [2.75, 3.05) is 0 Å². The van der Waals surface area contributed by atoms with Crippen LogP contribution in [0.25, 0.3) is 11.5 Å². The average Bonchev–Trinajstić information content (AvgIpc) is 3.07. The molecule has 1 aromatic carbocycles. The van der Waals surface area contributed by atoms with Crippen LogP contribution in [0.2, 0.25) is 0 Å². The molecule has 8 heteroatoms. The monoisotopic (exact) mass is 292 g/mol. The zero-order chi connectivity index (χ0) is 15.0. The maximum absolute atomic E-state index is 13.4. The van der Waals surface area contributed by atoms with E-state index in [1.807, 2.05) is 0 Å². The Bertz CT molecular complexity index is 694. The maximum Gasteiger partial charge on any atom is 0.273 e. The van der Waals surface area contributed by atoms with E-state index >= 15 is 0 Å². The summed E-state index contributed by atoms with van der Waals surface area (Å²) in [4.78, 5) is 14.3. The minimum Gasteiger partial charge on any atom is -0.334 e. The highest BCUT2D eigenvalue weighted by atomic mass is 19.1. The van der Waals surface area contributed by atoms with E-state index in [-0.39, 0.29) is 17.1 Å². The van der Waals surface area contributed by atoms with Crippen LogP contribution >= 0.6 is 0 Å². The van der Waals surface area contributed by atoms with Crippen LogP contribution in [0.1, 0.15) is 31.5 Å². The standard InChI is InChI=1S/C13H13FN4O3/c14-9-5-8(6-10(7-9)18(19)20)11-16-12(17-21-11)13(15)3-1-2-4-13/h5-7H,1-4,15H2. The number of nitrogens with zero attached hydrogens (tertiary/aromatic N) is 3. The van der Waals surface area contributed by atoms with Crippen LogP contribution in [0, 0.1) is 15.9 Å². The van der Waals surface area contributed by atoms with Gasteiger partial charge in [0.05, 0.1) is 16.5 Å². The van der Waals surface area contributed by atoms with E-state index in [1.165, 1.54) is 6.07 Å². The summed E-state index contributed by atoms with van der Waals surface area (Å²) in [6.07, 6.45) is 3.50. The number of halogens is 1. The highest BCUT2D eigenvalue weighted by Crippen LogP contribution is 2.35. The molecule has 0 amide bonds. The number of nitro benzene ring substituents is 1. The summed E-state index contributed by atoms with van der Waals surface area (Å²) in [6.45, 7) is 0. The summed E-state index contributed by atoms with van der Waals surface area (Å²) >= 11 is 0. The van der Waals surface area contributed by atoms with E-state index in [0.29, 0.717) is 5.82 Å². The van der Waals surface area contributed by atoms with Gasteiger partial charge in [-0.15, -0.1) is 0 Å². The fourth-order valence-corrected chi connectivity index (χ4v) is 2.58. The number of benzene rings is 1. The number of nitrogens with two attached hydrogens (primary N) is 1. The molecule has 0 radical (unpaired) electrons. The molecule has 0 atom stereocenters. The Morgan fingerprint density at radius 1 is 1.33 bits per heavy atom. The molecule has 2 N–H and O–H groups in total. The fraction of sp³-hybridized carbons (Fsp3) is 0.385. The normalized spacial score (nSPS) is 17.0. The lowest BCUT2D eigenvalue weighted by Gasteiger charge is -2.17. The number of rotatable bonds is 3. The van der Waals surface area contributed by atoms with Crippen LogP contribution in [0.5, 0.6) is 0 Å². The molecule has 2 aromatic rings. The second kappa shape index (κ2) is 4.88. The molecule has 1 saturated carbocycles. The third kappa shape index (κ3) is 2.49. The van der Waals surface area contributed by atoms with E-state index in [4.69, 9.17) is 10.3 Å². The van der Waals surface area contributed by atoms with Gasteiger partial charge >= 0.3 is 0 Å². The molecule has 0 spiro atoms. The molecule has 110 valence electrons. The summed E-state index contributed by atoms with van der Waals surface area (Å²) in [7, 11) is 0. The molecule has 0 bridgehead atoms. The maximum atomic E-state index is 13.4. The van der Waals surface area contributed by atoms with Crippen molar-refractivity contribution in [1.82, 2.24) is 10.1 Å². The number of aromatic nitrogens is 2. The Morgan fingerprint density at radius 2 is 2.05 bits per heavy atom. The van der Waals surface area contributed by atoms with Gasteiger partial charge in [-0.1, -0.05) is 18.0 Å². The topological polar surface area (TPSA) is 108 Å². The first-order valence-electron chi connectivity index (χ1n) is 6.56. The van der Waals surface area contributed by atoms with Crippen molar-refractivity contribution in [3.63, 3.8) is 0 Å². The van der Waals surface area contributed by atoms with Gasteiger partial charge in [0.25, 0.3) is 11.6 Å². The van der Waals surface area contributed by atoms with Crippen molar-refractivity contribution < 1.29 is 13.8 Å². The van der Waals surface area contributed by atoms with Crippen molar-refractivity contribution in [3.8, 4) is 11.5 Å². The second-order valence-corrected chi connectivity index (χ2v) is 5.24. The third-order valence-electron chi connectivity index (χ3n) is 3.71. The molecule has 7 nitrogen and oxygen atoms in total. The zero-order valence-electron chi connectivity index (χ0n) is 11.1. The third-order valence-corrected chi connectivity index (χ3v) is 3.71. The fourth-order valence-electron chi connectivity index (χ4n) is 2.58. The first kappa shape index (κ1) is 13.6. The predicted molar refractivity (Wildman–Crippen MR) is 70.7 cm³/mol. The van der Waals surface area contributed by atoms with Crippen molar-refractivity contribution in [2.24, 2.45) is 5.73 Å². The van der Waals surface area contributed by atoms with Gasteiger partial charge in [-0.05, 0) is 18.9 Å². The van der Waals surface area contributed by atoms with E-state index in [2.05, 4.69) is 10.1 Å². The van der Waals surface area contributed by atoms with E-state index in [9.17, 15) is 14.5 Å². The van der Waals surface area contributed by atoms with Crippen LogP contribution in [0.3, 0.4) is 0 Å². The minimum atomic E-state index is -0.734. The van der Waals surface area contributed by atoms with Crippen LogP contribution in [0.4, 0.5) is 10.1 Å². The molecule has 3 rings (SSSR count). The predicted octanol–water partition coefficient (Wildman–Crippen LogP) is 2.51. The Labute approximate surface area is 119 Å². The minimum absolute atomic E-state index is 0.0318. The Kier molecular flexibility index (Phi) is 3.17. The van der Waals surface area contributed by atoms with Crippen molar-refractivity contribution in [2.45, 2.75) is 31.2 Å². The molecular formula is C13H13FN4O3. The second-order valence-electron chi connectivity index (χ2n) is 5.24. The highest BCUT2D eigenvalue weighted by molar-refractivity contribution is 5.57. The molecular weight excluding hydrogens is 279 g/mol. The number of hydrogen-bond donors (Lipinski definition) is 1. The Morgan fingerprint density at radius 3 is 2.71 bits per heavy atom. The van der Waals surface area contributed by atoms with Gasteiger partial charge in [0, 0.05) is 11.6 Å². The van der Waals surface area contributed by atoms with Crippen LogP contribution < -0.4 is 5.73 Å². The molecule has 1 aliphatic carbocycles. The number of nitro groups is 1. The van der Waals surface area contributed by atoms with Crippen LogP contribution in [0.15, 0.2) is 22.7 Å². The van der Waals surface area contributed by atoms with Gasteiger partial charge in [0.1, 0.15) is 5.82 Å². The molecule has 21 heavy (non-hydrogen) atoms. The zero-order valence-corrected chi connectivity index (χ0v) is 11.1. The van der Waals surface area contributed by atoms with Crippen molar-refractivity contribution in [1.29, 1.82) is 0 Å². The van der Waals surface area contributed by atoms with Gasteiger partial charge < -0.3 is 10.3 Å². The largest absolute Gasteiger partial charge is 0.334 e. The van der Waals surface area contributed by atoms with Crippen molar-refractivity contribution >= 4 is 5.69 Å². The first-order valence-corrected chi connectivity index (χ1v) is 6.56. The molecule has 0 unspecified atom stereocenters. The summed E-state index contributed by atoms with van der Waals surface area (Å²) in [5, 5.41) is 14.6. The van der Waals surface area contributed by atoms with Gasteiger partial charge in [0.2, 0.25) is 0 Å². The van der Waals surface area contributed by atoms with Crippen molar-refractivity contribution in [3.05, 3.63) is 40.0 Å². The van der Waals surface area contributed by atoms with Gasteiger partial charge in [-0.25, -0.2) is 4.39 Å². The first-order chi connectivity index (χ1) is 9.98. The molecule has 1 aromatic heterocycles. The van der Waals surface area contributed by atoms with Gasteiger partial charge in [-0.2, -0.15) is 4.98 Å². The highest BCUT2D eigenvalue weighted by Gasteiger charge is 2.36. The quantitative estimate of drug-likeness (QED) is 0.687. The van der Waals surface area contributed by atoms with Gasteiger partial charge in [0.15, 0.2) is 5.82 Å². The Hall–Kier alpha value is -2.35. The lowest BCUT2D eigenvalue weighted by Crippen LogP contribution is -2.34. The van der Waals surface area contributed by atoms with Crippen LogP contribution in [-0.4, -0.2) is 15.1 Å². The van der Waals surface area contributed by atoms with E-state index < -0.39 is 16.3 Å². The molecule has 1 aliphatic rings. The number of hydrogen-bond acceptors (Lipinski definition) is 6. The summed E-state index contributed by atoms with van der Waals surface area (Å²) in [5.41, 5.74) is 5.39. The van der Waals surface area contributed by atoms with E-state index in [1.54, 1.807) is 0 Å². The summed E-state index contributed by atoms with van der Waals surface area (Å²) < 4.78 is 18.5. The summed E-state index contributed by atoms with van der Waals surface area (Å²) in [5.74, 6) is -0.339. The lowest BCUT2D eigenvalue weighted by molar-refractivity contribution is -0.385. The van der Waals surface area contributed by atoms with E-state index in [0.717, 1.165) is 37.8 Å². The van der Waals surface area contributed by atoms with Crippen LogP contribution in [-0.2, 0) is 5.54 Å².